The van der Waals surface area contributed by atoms with E-state index >= 15 is 0 Å². The van der Waals surface area contributed by atoms with Gasteiger partial charge >= 0.3 is 0 Å². The number of hydrogen-bond acceptors (Lipinski definition) is 1. The highest BCUT2D eigenvalue weighted by molar-refractivity contribution is 6.31. The Morgan fingerprint density at radius 3 is 2.72 bits per heavy atom. The molecule has 1 aliphatic rings. The zero-order valence-electron chi connectivity index (χ0n) is 11.2. The van der Waals surface area contributed by atoms with Gasteiger partial charge < -0.3 is 9.64 Å². The van der Waals surface area contributed by atoms with Gasteiger partial charge in [-0.1, -0.05) is 11.6 Å². The summed E-state index contributed by atoms with van der Waals surface area (Å²) in [5.74, 6) is 0.936. The summed E-state index contributed by atoms with van der Waals surface area (Å²) in [6.07, 6.45) is 5.23. The highest BCUT2D eigenvalue weighted by Gasteiger charge is 2.13. The quantitative estimate of drug-likeness (QED) is 0.783. The fourth-order valence-electron chi connectivity index (χ4n) is 2.50. The molecular weight excluding hydrogens is 246 g/mol. The molecule has 1 N–H and O–H groups in total. The number of rotatable bonds is 6. The van der Waals surface area contributed by atoms with E-state index in [0.29, 0.717) is 0 Å². The van der Waals surface area contributed by atoms with E-state index in [2.05, 4.69) is 0 Å². The molecule has 1 aromatic rings. The summed E-state index contributed by atoms with van der Waals surface area (Å²) in [6, 6.07) is 5.86. The van der Waals surface area contributed by atoms with Crippen LogP contribution in [0.2, 0.25) is 5.02 Å². The maximum atomic E-state index is 5.98. The molecule has 3 heteroatoms. The van der Waals surface area contributed by atoms with Gasteiger partial charge in [0.15, 0.2) is 0 Å². The summed E-state index contributed by atoms with van der Waals surface area (Å²) >= 11 is 5.98. The number of likely N-dealkylation sites (tertiary alicyclic amines) is 1. The lowest BCUT2D eigenvalue weighted by Crippen LogP contribution is -3.09. The Morgan fingerprint density at radius 1 is 1.22 bits per heavy atom. The SMILES string of the molecule is Cc1cc(OCCCC[NH+]2CCCC2)ccc1Cl. The Balaban J connectivity index is 1.61. The van der Waals surface area contributed by atoms with Gasteiger partial charge in [0, 0.05) is 17.9 Å². The van der Waals surface area contributed by atoms with Gasteiger partial charge in [0.2, 0.25) is 0 Å². The number of halogens is 1. The molecule has 0 amide bonds. The van der Waals surface area contributed by atoms with Gasteiger partial charge in [-0.3, -0.25) is 0 Å². The summed E-state index contributed by atoms with van der Waals surface area (Å²) in [7, 11) is 0. The van der Waals surface area contributed by atoms with Crippen LogP contribution in [-0.4, -0.2) is 26.2 Å². The van der Waals surface area contributed by atoms with Crippen LogP contribution in [0, 0.1) is 6.92 Å². The van der Waals surface area contributed by atoms with Gasteiger partial charge in [-0.05, 0) is 43.5 Å². The van der Waals surface area contributed by atoms with Crippen molar-refractivity contribution >= 4 is 11.6 Å². The maximum absolute atomic E-state index is 5.98. The van der Waals surface area contributed by atoms with Gasteiger partial charge in [0.05, 0.1) is 26.2 Å². The molecule has 0 aromatic heterocycles. The molecule has 100 valence electrons. The first-order valence-electron chi connectivity index (χ1n) is 6.98. The minimum absolute atomic E-state index is 0.806. The van der Waals surface area contributed by atoms with Crippen molar-refractivity contribution in [1.82, 2.24) is 0 Å². The minimum atomic E-state index is 0.806. The van der Waals surface area contributed by atoms with Crippen LogP contribution in [0.3, 0.4) is 0 Å². The average molecular weight is 269 g/mol. The zero-order chi connectivity index (χ0) is 12.8. The summed E-state index contributed by atoms with van der Waals surface area (Å²) < 4.78 is 5.74. The molecule has 1 heterocycles. The Hall–Kier alpha value is -0.730. The number of aryl methyl sites for hydroxylation is 1. The van der Waals surface area contributed by atoms with Crippen molar-refractivity contribution in [3.8, 4) is 5.75 Å². The van der Waals surface area contributed by atoms with Crippen molar-refractivity contribution in [3.05, 3.63) is 28.8 Å². The number of benzene rings is 1. The first-order valence-corrected chi connectivity index (χ1v) is 7.36. The van der Waals surface area contributed by atoms with E-state index < -0.39 is 0 Å². The second kappa shape index (κ2) is 7.01. The molecule has 1 aliphatic heterocycles. The first-order chi connectivity index (χ1) is 8.75. The Labute approximate surface area is 115 Å². The molecule has 1 aromatic carbocycles. The minimum Gasteiger partial charge on any atom is -0.494 e. The lowest BCUT2D eigenvalue weighted by molar-refractivity contribution is -0.887. The molecule has 0 unspecified atom stereocenters. The van der Waals surface area contributed by atoms with E-state index in [-0.39, 0.29) is 0 Å². The molecule has 2 rings (SSSR count). The third kappa shape index (κ3) is 4.18. The second-order valence-corrected chi connectivity index (χ2v) is 5.58. The molecule has 0 atom stereocenters. The number of nitrogens with one attached hydrogen (secondary N) is 1. The average Bonchev–Trinajstić information content (AvgIpc) is 2.86. The van der Waals surface area contributed by atoms with Crippen LogP contribution in [0.15, 0.2) is 18.2 Å². The molecule has 0 aliphatic carbocycles. The Morgan fingerprint density at radius 2 is 2.00 bits per heavy atom. The summed E-state index contributed by atoms with van der Waals surface area (Å²) in [4.78, 5) is 1.78. The predicted molar refractivity (Wildman–Crippen MR) is 75.7 cm³/mol. The number of quaternary nitrogens is 1. The van der Waals surface area contributed by atoms with E-state index in [1.807, 2.05) is 25.1 Å². The van der Waals surface area contributed by atoms with Gasteiger partial charge in [-0.2, -0.15) is 0 Å². The molecule has 0 bridgehead atoms. The van der Waals surface area contributed by atoms with Crippen LogP contribution in [0.5, 0.6) is 5.75 Å². The summed E-state index contributed by atoms with van der Waals surface area (Å²) in [6.45, 7) is 6.87. The summed E-state index contributed by atoms with van der Waals surface area (Å²) in [5, 5.41) is 0.806. The van der Waals surface area contributed by atoms with Crippen molar-refractivity contribution in [2.45, 2.75) is 32.6 Å². The van der Waals surface area contributed by atoms with E-state index in [1.165, 1.54) is 38.9 Å². The standard InChI is InChI=1S/C15H22ClNO/c1-13-12-14(6-7-15(13)16)18-11-5-4-10-17-8-2-3-9-17/h6-7,12H,2-5,8-11H2,1H3/p+1. The maximum Gasteiger partial charge on any atom is 0.119 e. The van der Waals surface area contributed by atoms with Crippen molar-refractivity contribution in [2.24, 2.45) is 0 Å². The zero-order valence-corrected chi connectivity index (χ0v) is 11.9. The topological polar surface area (TPSA) is 13.7 Å². The van der Waals surface area contributed by atoms with Gasteiger partial charge in [-0.25, -0.2) is 0 Å². The van der Waals surface area contributed by atoms with E-state index in [4.69, 9.17) is 16.3 Å². The largest absolute Gasteiger partial charge is 0.494 e. The molecular formula is C15H23ClNO+. The molecule has 18 heavy (non-hydrogen) atoms. The molecule has 1 fully saturated rings. The van der Waals surface area contributed by atoms with Crippen LogP contribution >= 0.6 is 11.6 Å². The third-order valence-electron chi connectivity index (χ3n) is 3.63. The Bertz CT molecular complexity index is 375. The van der Waals surface area contributed by atoms with Crippen LogP contribution in [0.25, 0.3) is 0 Å². The van der Waals surface area contributed by atoms with E-state index in [1.54, 1.807) is 4.90 Å². The van der Waals surface area contributed by atoms with Crippen LogP contribution in [-0.2, 0) is 0 Å². The number of ether oxygens (including phenoxy) is 1. The fraction of sp³-hybridized carbons (Fsp3) is 0.600. The third-order valence-corrected chi connectivity index (χ3v) is 4.06. The lowest BCUT2D eigenvalue weighted by atomic mass is 10.2. The van der Waals surface area contributed by atoms with Gasteiger partial charge in [0.1, 0.15) is 5.75 Å². The molecule has 0 saturated carbocycles. The molecule has 2 nitrogen and oxygen atoms in total. The van der Waals surface area contributed by atoms with E-state index in [9.17, 15) is 0 Å². The summed E-state index contributed by atoms with van der Waals surface area (Å²) in [5.41, 5.74) is 1.08. The van der Waals surface area contributed by atoms with Crippen LogP contribution in [0.1, 0.15) is 31.2 Å². The van der Waals surface area contributed by atoms with Crippen LogP contribution in [0.4, 0.5) is 0 Å². The lowest BCUT2D eigenvalue weighted by Gasteiger charge is -2.12. The van der Waals surface area contributed by atoms with Crippen molar-refractivity contribution < 1.29 is 9.64 Å². The molecule has 0 spiro atoms. The first kappa shape index (κ1) is 13.7. The Kier molecular flexibility index (Phi) is 5.33. The monoisotopic (exact) mass is 268 g/mol. The highest BCUT2D eigenvalue weighted by atomic mass is 35.5. The van der Waals surface area contributed by atoms with Gasteiger partial charge in [-0.15, -0.1) is 0 Å². The van der Waals surface area contributed by atoms with E-state index in [0.717, 1.165) is 29.4 Å². The van der Waals surface area contributed by atoms with Crippen molar-refractivity contribution in [2.75, 3.05) is 26.2 Å². The van der Waals surface area contributed by atoms with Crippen molar-refractivity contribution in [1.29, 1.82) is 0 Å². The smallest absolute Gasteiger partial charge is 0.119 e. The molecule has 1 saturated heterocycles. The van der Waals surface area contributed by atoms with Crippen molar-refractivity contribution in [3.63, 3.8) is 0 Å². The number of unbranched alkanes of at least 4 members (excludes halogenated alkanes) is 1. The van der Waals surface area contributed by atoms with Gasteiger partial charge in [0.25, 0.3) is 0 Å². The molecule has 0 radical (unpaired) electrons. The normalized spacial score (nSPS) is 16.1. The number of hydrogen-bond donors (Lipinski definition) is 1. The predicted octanol–water partition coefficient (Wildman–Crippen LogP) is 2.49. The highest BCUT2D eigenvalue weighted by Crippen LogP contribution is 2.21. The van der Waals surface area contributed by atoms with Crippen LogP contribution < -0.4 is 9.64 Å². The fourth-order valence-corrected chi connectivity index (χ4v) is 2.62. The second-order valence-electron chi connectivity index (χ2n) is 5.17.